The Balaban J connectivity index is 1.61. The highest BCUT2D eigenvalue weighted by atomic mass is 19.4. The highest BCUT2D eigenvalue weighted by Gasteiger charge is 2.30. The number of hydrogen-bond acceptors (Lipinski definition) is 6. The van der Waals surface area contributed by atoms with E-state index in [1.165, 1.54) is 30.6 Å². The van der Waals surface area contributed by atoms with Crippen molar-refractivity contribution in [2.45, 2.75) is 26.3 Å². The van der Waals surface area contributed by atoms with Gasteiger partial charge >= 0.3 is 6.36 Å². The van der Waals surface area contributed by atoms with Gasteiger partial charge in [0.2, 0.25) is 0 Å². The molecule has 3 rings (SSSR count). The van der Waals surface area contributed by atoms with Crippen molar-refractivity contribution in [1.29, 1.82) is 0 Å². The summed E-state index contributed by atoms with van der Waals surface area (Å²) >= 11 is 0. The number of hydrogen-bond donors (Lipinski definition) is 2. The lowest BCUT2D eigenvalue weighted by molar-refractivity contribution is -0.274. The van der Waals surface area contributed by atoms with Gasteiger partial charge in [-0.3, -0.25) is 0 Å². The molecule has 0 bridgehead atoms. The zero-order valence-electron chi connectivity index (χ0n) is 17.1. The number of alkyl halides is 3. The maximum absolute atomic E-state index is 12.3. The zero-order valence-corrected chi connectivity index (χ0v) is 17.1. The smallest absolute Gasteiger partial charge is 0.492 e. The van der Waals surface area contributed by atoms with Gasteiger partial charge in [-0.05, 0) is 48.5 Å². The average molecular weight is 432 g/mol. The van der Waals surface area contributed by atoms with Gasteiger partial charge in [0.15, 0.2) is 0 Å². The van der Waals surface area contributed by atoms with Crippen LogP contribution in [0.25, 0.3) is 11.3 Å². The molecule has 164 valence electrons. The largest absolute Gasteiger partial charge is 0.573 e. The lowest BCUT2D eigenvalue weighted by Crippen LogP contribution is -2.27. The number of benzene rings is 2. The number of anilines is 2. The van der Waals surface area contributed by atoms with Crippen LogP contribution >= 0.6 is 0 Å². The van der Waals surface area contributed by atoms with Crippen LogP contribution in [0.15, 0.2) is 60.9 Å². The zero-order chi connectivity index (χ0) is 22.3. The second-order valence-corrected chi connectivity index (χ2v) is 6.97. The van der Waals surface area contributed by atoms with Crippen molar-refractivity contribution in [3.63, 3.8) is 0 Å². The van der Waals surface area contributed by atoms with Gasteiger partial charge in [0.05, 0.1) is 5.69 Å². The lowest BCUT2D eigenvalue weighted by atomic mass is 10.1. The van der Waals surface area contributed by atoms with E-state index in [-0.39, 0.29) is 5.75 Å². The highest BCUT2D eigenvalue weighted by molar-refractivity contribution is 5.66. The van der Waals surface area contributed by atoms with Crippen LogP contribution in [-0.4, -0.2) is 35.5 Å². The number of aromatic nitrogens is 2. The summed E-state index contributed by atoms with van der Waals surface area (Å²) in [6.07, 6.45) is -3.30. The second-order valence-electron chi connectivity index (χ2n) is 6.97. The Morgan fingerprint density at radius 1 is 0.935 bits per heavy atom. The molecule has 0 aliphatic heterocycles. The first-order valence-electron chi connectivity index (χ1n) is 9.70. The Labute approximate surface area is 178 Å². The number of nitrogens with one attached hydrogen (secondary N) is 2. The summed E-state index contributed by atoms with van der Waals surface area (Å²) in [4.78, 5) is 8.44. The normalized spacial score (nSPS) is 11.4. The second kappa shape index (κ2) is 10.1. The van der Waals surface area contributed by atoms with Crippen molar-refractivity contribution in [2.75, 3.05) is 18.5 Å². The third-order valence-corrected chi connectivity index (χ3v) is 4.10. The van der Waals surface area contributed by atoms with Gasteiger partial charge in [-0.1, -0.05) is 13.8 Å². The van der Waals surface area contributed by atoms with E-state index in [0.717, 1.165) is 17.9 Å². The van der Waals surface area contributed by atoms with Crippen molar-refractivity contribution in [1.82, 2.24) is 15.3 Å². The van der Waals surface area contributed by atoms with Crippen LogP contribution in [0.4, 0.5) is 24.7 Å². The van der Waals surface area contributed by atoms with E-state index < -0.39 is 6.36 Å². The summed E-state index contributed by atoms with van der Waals surface area (Å²) in [5.74, 6) is 0.987. The predicted molar refractivity (Wildman–Crippen MR) is 113 cm³/mol. The average Bonchev–Trinajstić information content (AvgIpc) is 2.72. The summed E-state index contributed by atoms with van der Waals surface area (Å²) in [7, 11) is 0. The minimum Gasteiger partial charge on any atom is -0.492 e. The molecule has 9 heteroatoms. The maximum Gasteiger partial charge on any atom is 0.573 e. The van der Waals surface area contributed by atoms with Gasteiger partial charge in [-0.25, -0.2) is 9.97 Å². The quantitative estimate of drug-likeness (QED) is 0.455. The molecule has 0 spiro atoms. The van der Waals surface area contributed by atoms with Crippen molar-refractivity contribution >= 4 is 11.5 Å². The molecule has 0 aliphatic rings. The fourth-order valence-electron chi connectivity index (χ4n) is 2.71. The molecule has 0 unspecified atom stereocenters. The first kappa shape index (κ1) is 22.4. The number of halogens is 3. The minimum absolute atomic E-state index is 0.288. The third-order valence-electron chi connectivity index (χ3n) is 4.10. The molecule has 2 aromatic carbocycles. The Morgan fingerprint density at radius 2 is 1.61 bits per heavy atom. The standard InChI is InChI=1S/C22H23F3N4O2/c1-15(2)26-11-12-30-18-7-3-16(4-8-18)20-13-21(28-14-27-20)29-17-5-9-19(10-6-17)31-22(23,24)25/h3-10,13-15,26H,11-12H2,1-2H3,(H,27,28,29). The van der Waals surface area contributed by atoms with Crippen LogP contribution in [0.5, 0.6) is 11.5 Å². The van der Waals surface area contributed by atoms with Crippen LogP contribution in [0.2, 0.25) is 0 Å². The van der Waals surface area contributed by atoms with Gasteiger partial charge in [0.25, 0.3) is 0 Å². The van der Waals surface area contributed by atoms with Crippen LogP contribution in [0.3, 0.4) is 0 Å². The van der Waals surface area contributed by atoms with E-state index in [1.807, 2.05) is 24.3 Å². The maximum atomic E-state index is 12.3. The molecule has 0 saturated heterocycles. The summed E-state index contributed by atoms with van der Waals surface area (Å²) < 4.78 is 46.4. The van der Waals surface area contributed by atoms with Gasteiger partial charge in [-0.2, -0.15) is 0 Å². The fourth-order valence-corrected chi connectivity index (χ4v) is 2.71. The van der Waals surface area contributed by atoms with E-state index in [9.17, 15) is 13.2 Å². The highest BCUT2D eigenvalue weighted by Crippen LogP contribution is 2.26. The summed E-state index contributed by atoms with van der Waals surface area (Å²) in [5.41, 5.74) is 2.15. The Hall–Kier alpha value is -3.33. The van der Waals surface area contributed by atoms with Crippen LogP contribution < -0.4 is 20.1 Å². The van der Waals surface area contributed by atoms with Crippen molar-refractivity contribution in [3.8, 4) is 22.8 Å². The molecular weight excluding hydrogens is 409 g/mol. The number of ether oxygens (including phenoxy) is 2. The molecule has 2 N–H and O–H groups in total. The fraction of sp³-hybridized carbons (Fsp3) is 0.273. The number of nitrogens with zero attached hydrogens (tertiary/aromatic N) is 2. The molecule has 31 heavy (non-hydrogen) atoms. The molecule has 3 aromatic rings. The Bertz CT molecular complexity index is 962. The molecule has 0 aliphatic carbocycles. The monoisotopic (exact) mass is 432 g/mol. The summed E-state index contributed by atoms with van der Waals surface area (Å²) in [5, 5.41) is 6.33. The first-order chi connectivity index (χ1) is 14.8. The SMILES string of the molecule is CC(C)NCCOc1ccc(-c2cc(Nc3ccc(OC(F)(F)F)cc3)ncn2)cc1. The van der Waals surface area contributed by atoms with Crippen molar-refractivity contribution in [3.05, 3.63) is 60.9 Å². The van der Waals surface area contributed by atoms with E-state index in [4.69, 9.17) is 4.74 Å². The molecule has 1 heterocycles. The minimum atomic E-state index is -4.72. The van der Waals surface area contributed by atoms with Gasteiger partial charge in [-0.15, -0.1) is 13.2 Å². The molecule has 0 atom stereocenters. The van der Waals surface area contributed by atoms with E-state index in [0.29, 0.717) is 29.8 Å². The summed E-state index contributed by atoms with van der Waals surface area (Å²) in [6, 6.07) is 15.1. The van der Waals surface area contributed by atoms with E-state index >= 15 is 0 Å². The van der Waals surface area contributed by atoms with Crippen molar-refractivity contribution < 1.29 is 22.6 Å². The summed E-state index contributed by atoms with van der Waals surface area (Å²) in [6.45, 7) is 5.50. The van der Waals surface area contributed by atoms with Gasteiger partial charge < -0.3 is 20.1 Å². The third kappa shape index (κ3) is 7.45. The van der Waals surface area contributed by atoms with Gasteiger partial charge in [0.1, 0.15) is 30.3 Å². The molecule has 0 fully saturated rings. The predicted octanol–water partition coefficient (Wildman–Crippen LogP) is 5.16. The van der Waals surface area contributed by atoms with Crippen LogP contribution in [0.1, 0.15) is 13.8 Å². The number of rotatable bonds is 9. The Morgan fingerprint density at radius 3 is 2.26 bits per heavy atom. The Kier molecular flexibility index (Phi) is 7.30. The van der Waals surface area contributed by atoms with Crippen LogP contribution in [0, 0.1) is 0 Å². The molecule has 0 amide bonds. The topological polar surface area (TPSA) is 68.3 Å². The van der Waals surface area contributed by atoms with E-state index in [1.54, 1.807) is 6.07 Å². The van der Waals surface area contributed by atoms with E-state index in [2.05, 4.69) is 39.2 Å². The lowest BCUT2D eigenvalue weighted by Gasteiger charge is -2.11. The molecule has 1 aromatic heterocycles. The molecule has 0 radical (unpaired) electrons. The molecular formula is C22H23F3N4O2. The van der Waals surface area contributed by atoms with Crippen LogP contribution in [-0.2, 0) is 0 Å². The van der Waals surface area contributed by atoms with Crippen molar-refractivity contribution in [2.24, 2.45) is 0 Å². The first-order valence-corrected chi connectivity index (χ1v) is 9.70. The molecule has 0 saturated carbocycles. The van der Waals surface area contributed by atoms with Gasteiger partial charge in [0, 0.05) is 29.9 Å². The molecule has 6 nitrogen and oxygen atoms in total.